The molecule has 2 N–H and O–H groups in total. The Balaban J connectivity index is 1.76. The number of nitrogens with zero attached hydrogens (tertiary/aromatic N) is 2. The Morgan fingerprint density at radius 1 is 1.36 bits per heavy atom. The van der Waals surface area contributed by atoms with Crippen molar-refractivity contribution in [2.45, 2.75) is 46.3 Å². The van der Waals surface area contributed by atoms with Gasteiger partial charge in [-0.05, 0) is 44.4 Å². The van der Waals surface area contributed by atoms with Crippen molar-refractivity contribution in [1.82, 2.24) is 15.3 Å². The van der Waals surface area contributed by atoms with E-state index in [0.29, 0.717) is 24.6 Å². The van der Waals surface area contributed by atoms with Gasteiger partial charge in [0.05, 0.1) is 6.10 Å². The lowest BCUT2D eigenvalue weighted by atomic mass is 10.1. The number of carbonyl (C=O) groups excluding carboxylic acids is 1. The summed E-state index contributed by atoms with van der Waals surface area (Å²) in [5.74, 6) is 2.07. The summed E-state index contributed by atoms with van der Waals surface area (Å²) in [7, 11) is 0. The lowest BCUT2D eigenvalue weighted by molar-refractivity contribution is 0.0940. The summed E-state index contributed by atoms with van der Waals surface area (Å²) in [6.07, 6.45) is 1.90. The average Bonchev–Trinajstić information content (AvgIpc) is 2.61. The van der Waals surface area contributed by atoms with Crippen LogP contribution in [-0.2, 0) is 13.0 Å². The second-order valence-electron chi connectivity index (χ2n) is 6.29. The molecule has 1 aliphatic heterocycles. The van der Waals surface area contributed by atoms with E-state index in [1.807, 2.05) is 24.3 Å². The van der Waals surface area contributed by atoms with E-state index in [0.717, 1.165) is 35.5 Å². The van der Waals surface area contributed by atoms with E-state index < -0.39 is 0 Å². The van der Waals surface area contributed by atoms with E-state index in [1.165, 1.54) is 0 Å². The molecule has 1 aromatic heterocycles. The van der Waals surface area contributed by atoms with Gasteiger partial charge in [0, 0.05) is 18.7 Å². The lowest BCUT2D eigenvalue weighted by Crippen LogP contribution is -2.34. The second kappa shape index (κ2) is 7.51. The summed E-state index contributed by atoms with van der Waals surface area (Å²) in [5, 5.41) is 6.18. The summed E-state index contributed by atoms with van der Waals surface area (Å²) in [5.41, 5.74) is 2.47. The molecule has 0 saturated carbocycles. The quantitative estimate of drug-likeness (QED) is 0.846. The van der Waals surface area contributed by atoms with Crippen LogP contribution in [0.4, 0.5) is 5.82 Å². The van der Waals surface area contributed by atoms with Crippen LogP contribution in [0.3, 0.4) is 0 Å². The van der Waals surface area contributed by atoms with Gasteiger partial charge in [0.15, 0.2) is 0 Å². The number of carbonyl (C=O) groups is 1. The van der Waals surface area contributed by atoms with Crippen molar-refractivity contribution in [1.29, 1.82) is 0 Å². The van der Waals surface area contributed by atoms with Crippen molar-refractivity contribution in [2.75, 3.05) is 11.9 Å². The first-order valence-electron chi connectivity index (χ1n) is 8.72. The molecule has 2 aromatic rings. The van der Waals surface area contributed by atoms with Crippen molar-refractivity contribution in [3.05, 3.63) is 46.9 Å². The van der Waals surface area contributed by atoms with Gasteiger partial charge in [0.2, 0.25) is 0 Å². The molecule has 3 rings (SSSR count). The predicted molar refractivity (Wildman–Crippen MR) is 97.0 cm³/mol. The summed E-state index contributed by atoms with van der Waals surface area (Å²) in [4.78, 5) is 20.8. The molecular formula is C19H24N4O2. The monoisotopic (exact) mass is 340 g/mol. The minimum atomic E-state index is -0.126. The van der Waals surface area contributed by atoms with Crippen LogP contribution in [-0.4, -0.2) is 28.5 Å². The molecule has 6 nitrogen and oxygen atoms in total. The molecule has 1 aromatic carbocycles. The van der Waals surface area contributed by atoms with Crippen molar-refractivity contribution < 1.29 is 9.53 Å². The van der Waals surface area contributed by atoms with Gasteiger partial charge in [0.25, 0.3) is 5.91 Å². The van der Waals surface area contributed by atoms with E-state index in [4.69, 9.17) is 4.74 Å². The highest BCUT2D eigenvalue weighted by atomic mass is 16.5. The zero-order valence-corrected chi connectivity index (χ0v) is 14.9. The Kier molecular flexibility index (Phi) is 5.16. The number of anilines is 1. The number of aromatic nitrogens is 2. The minimum absolute atomic E-state index is 0.126. The third kappa shape index (κ3) is 4.07. The number of fused-ring (bicyclic) bond motifs is 1. The fourth-order valence-electron chi connectivity index (χ4n) is 2.78. The van der Waals surface area contributed by atoms with Crippen LogP contribution in [0.15, 0.2) is 24.3 Å². The number of nitrogens with one attached hydrogen (secondary N) is 2. The molecule has 2 heterocycles. The summed E-state index contributed by atoms with van der Waals surface area (Å²) in [6.45, 7) is 7.19. The van der Waals surface area contributed by atoms with Gasteiger partial charge in [-0.15, -0.1) is 0 Å². The Bertz CT molecular complexity index is 776. The molecule has 0 radical (unpaired) electrons. The summed E-state index contributed by atoms with van der Waals surface area (Å²) in [6, 6.07) is 8.04. The van der Waals surface area contributed by atoms with Crippen molar-refractivity contribution in [3.8, 4) is 5.75 Å². The molecule has 0 spiro atoms. The molecule has 0 saturated heterocycles. The maximum Gasteiger partial charge on any atom is 0.270 e. The third-order valence-electron chi connectivity index (χ3n) is 4.27. The fraction of sp³-hybridized carbons (Fsp3) is 0.421. The number of amides is 1. The average molecular weight is 340 g/mol. The Morgan fingerprint density at radius 2 is 2.20 bits per heavy atom. The molecule has 132 valence electrons. The molecule has 0 aliphatic carbocycles. The lowest BCUT2D eigenvalue weighted by Gasteiger charge is -2.19. The topological polar surface area (TPSA) is 76.1 Å². The molecule has 0 fully saturated rings. The SMILES string of the molecule is CCC(C)Oc1cccc(CNc2nc(C)nc3c2CCNC3=O)c1. The van der Waals surface area contributed by atoms with Gasteiger partial charge >= 0.3 is 0 Å². The maximum absolute atomic E-state index is 12.0. The van der Waals surface area contributed by atoms with Crippen LogP contribution < -0.4 is 15.4 Å². The normalized spacial score (nSPS) is 14.4. The number of hydrogen-bond acceptors (Lipinski definition) is 5. The highest BCUT2D eigenvalue weighted by Gasteiger charge is 2.22. The molecule has 1 unspecified atom stereocenters. The second-order valence-corrected chi connectivity index (χ2v) is 6.29. The van der Waals surface area contributed by atoms with Crippen LogP contribution in [0.2, 0.25) is 0 Å². The Morgan fingerprint density at radius 3 is 3.00 bits per heavy atom. The van der Waals surface area contributed by atoms with Gasteiger partial charge in [-0.25, -0.2) is 9.97 Å². The number of benzene rings is 1. The molecule has 1 aliphatic rings. The van der Waals surface area contributed by atoms with E-state index >= 15 is 0 Å². The Hall–Kier alpha value is -2.63. The Labute approximate surface area is 148 Å². The van der Waals surface area contributed by atoms with Gasteiger partial charge < -0.3 is 15.4 Å². The highest BCUT2D eigenvalue weighted by molar-refractivity contribution is 5.95. The zero-order valence-electron chi connectivity index (χ0n) is 14.9. The van der Waals surface area contributed by atoms with Crippen LogP contribution in [0.5, 0.6) is 5.75 Å². The first-order chi connectivity index (χ1) is 12.1. The van der Waals surface area contributed by atoms with Crippen LogP contribution >= 0.6 is 0 Å². The highest BCUT2D eigenvalue weighted by Crippen LogP contribution is 2.22. The maximum atomic E-state index is 12.0. The van der Waals surface area contributed by atoms with E-state index in [9.17, 15) is 4.79 Å². The van der Waals surface area contributed by atoms with E-state index in [1.54, 1.807) is 6.92 Å². The largest absolute Gasteiger partial charge is 0.491 e. The van der Waals surface area contributed by atoms with Crippen LogP contribution in [0, 0.1) is 6.92 Å². The molecule has 0 bridgehead atoms. The zero-order chi connectivity index (χ0) is 17.8. The third-order valence-corrected chi connectivity index (χ3v) is 4.27. The molecular weight excluding hydrogens is 316 g/mol. The van der Waals surface area contributed by atoms with Crippen molar-refractivity contribution in [2.24, 2.45) is 0 Å². The standard InChI is InChI=1S/C19H24N4O2/c1-4-12(2)25-15-7-5-6-14(10-15)11-21-18-16-8-9-20-19(24)17(16)22-13(3)23-18/h5-7,10,12H,4,8-9,11H2,1-3H3,(H,20,24)(H,21,22,23). The summed E-state index contributed by atoms with van der Waals surface area (Å²) < 4.78 is 5.87. The van der Waals surface area contributed by atoms with Crippen LogP contribution in [0.25, 0.3) is 0 Å². The number of ether oxygens (including phenoxy) is 1. The molecule has 25 heavy (non-hydrogen) atoms. The number of hydrogen-bond donors (Lipinski definition) is 2. The molecule has 6 heteroatoms. The van der Waals surface area contributed by atoms with Gasteiger partial charge in [-0.2, -0.15) is 0 Å². The van der Waals surface area contributed by atoms with E-state index in [-0.39, 0.29) is 12.0 Å². The number of rotatable bonds is 6. The fourth-order valence-corrected chi connectivity index (χ4v) is 2.78. The van der Waals surface area contributed by atoms with Crippen LogP contribution in [0.1, 0.15) is 47.7 Å². The van der Waals surface area contributed by atoms with E-state index in [2.05, 4.69) is 34.4 Å². The van der Waals surface area contributed by atoms with Crippen molar-refractivity contribution in [3.63, 3.8) is 0 Å². The smallest absolute Gasteiger partial charge is 0.270 e. The number of aryl methyl sites for hydroxylation is 1. The molecule has 1 amide bonds. The first-order valence-corrected chi connectivity index (χ1v) is 8.72. The minimum Gasteiger partial charge on any atom is -0.491 e. The van der Waals surface area contributed by atoms with Gasteiger partial charge in [0.1, 0.15) is 23.1 Å². The molecule has 1 atom stereocenters. The summed E-state index contributed by atoms with van der Waals surface area (Å²) >= 11 is 0. The van der Waals surface area contributed by atoms with Gasteiger partial charge in [-0.1, -0.05) is 19.1 Å². The predicted octanol–water partition coefficient (Wildman–Crippen LogP) is 2.86. The van der Waals surface area contributed by atoms with Crippen molar-refractivity contribution >= 4 is 11.7 Å². The van der Waals surface area contributed by atoms with Gasteiger partial charge in [-0.3, -0.25) is 4.79 Å². The first kappa shape index (κ1) is 17.2.